The van der Waals surface area contributed by atoms with E-state index in [0.717, 1.165) is 32.0 Å². The first-order valence-electron chi connectivity index (χ1n) is 11.3. The number of fused-ring (bicyclic) bond motifs is 1. The normalized spacial score (nSPS) is 14.6. The number of carbonyl (C=O) groups excluding carboxylic acids is 1. The third-order valence-electron chi connectivity index (χ3n) is 5.70. The number of rotatable bonds is 5. The summed E-state index contributed by atoms with van der Waals surface area (Å²) in [6, 6.07) is 33.2. The lowest BCUT2D eigenvalue weighted by Gasteiger charge is -2.15. The van der Waals surface area contributed by atoms with Crippen molar-refractivity contribution in [1.82, 2.24) is 9.97 Å². The summed E-state index contributed by atoms with van der Waals surface area (Å²) in [6.45, 7) is 0. The van der Waals surface area contributed by atoms with Gasteiger partial charge >= 0.3 is 0 Å². The Balaban J connectivity index is 1.39. The highest BCUT2D eigenvalue weighted by Crippen LogP contribution is 2.32. The Hall–Kier alpha value is -4.13. The quantitative estimate of drug-likeness (QED) is 0.256. The molecule has 0 aliphatic carbocycles. The maximum absolute atomic E-state index is 13.6. The number of nitrogens with zero attached hydrogens (tertiary/aromatic N) is 3. The van der Waals surface area contributed by atoms with E-state index < -0.39 is 0 Å². The number of amides is 1. The first kappa shape index (κ1) is 22.3. The first-order chi connectivity index (χ1) is 17.6. The number of H-pyrrole nitrogens is 1. The first-order valence-corrected chi connectivity index (χ1v) is 12.5. The molecule has 5 nitrogen and oxygen atoms in total. The number of hydrogen-bond acceptors (Lipinski definition) is 4. The van der Waals surface area contributed by atoms with Crippen LogP contribution >= 0.6 is 23.4 Å². The van der Waals surface area contributed by atoms with Crippen molar-refractivity contribution < 1.29 is 4.79 Å². The van der Waals surface area contributed by atoms with Crippen LogP contribution in [0.15, 0.2) is 124 Å². The second kappa shape index (κ2) is 9.49. The van der Waals surface area contributed by atoms with Gasteiger partial charge in [-0.2, -0.15) is 0 Å². The zero-order valence-corrected chi connectivity index (χ0v) is 20.5. The average Bonchev–Trinajstić information content (AvgIpc) is 3.46. The van der Waals surface area contributed by atoms with Crippen molar-refractivity contribution in [2.75, 3.05) is 4.90 Å². The second-order valence-electron chi connectivity index (χ2n) is 8.18. The van der Waals surface area contributed by atoms with Crippen LogP contribution in [0.3, 0.4) is 0 Å². The van der Waals surface area contributed by atoms with Crippen molar-refractivity contribution in [2.45, 2.75) is 9.79 Å². The number of aromatic amines is 1. The number of halogens is 1. The van der Waals surface area contributed by atoms with Crippen LogP contribution in [0.1, 0.15) is 11.1 Å². The van der Waals surface area contributed by atoms with E-state index in [-0.39, 0.29) is 5.91 Å². The summed E-state index contributed by atoms with van der Waals surface area (Å²) in [6.07, 6.45) is 1.76. The number of benzene rings is 4. The van der Waals surface area contributed by atoms with Crippen LogP contribution < -0.4 is 4.90 Å². The third kappa shape index (κ3) is 4.44. The van der Waals surface area contributed by atoms with E-state index in [1.54, 1.807) is 34.9 Å². The summed E-state index contributed by atoms with van der Waals surface area (Å²) in [5.74, 6) is 0.708. The smallest absolute Gasteiger partial charge is 0.285 e. The number of nitrogens with one attached hydrogen (secondary N) is 1. The van der Waals surface area contributed by atoms with Crippen LogP contribution in [0.25, 0.3) is 17.1 Å². The minimum atomic E-state index is -0.248. The molecule has 36 heavy (non-hydrogen) atoms. The number of imidazole rings is 1. The summed E-state index contributed by atoms with van der Waals surface area (Å²) in [4.78, 5) is 30.2. The Morgan fingerprint density at radius 2 is 1.56 bits per heavy atom. The van der Waals surface area contributed by atoms with Gasteiger partial charge in [-0.05, 0) is 54.1 Å². The third-order valence-corrected chi connectivity index (χ3v) is 6.95. The average molecular weight is 507 g/mol. The van der Waals surface area contributed by atoms with E-state index in [0.29, 0.717) is 22.5 Å². The number of carbonyl (C=O) groups is 1. The van der Waals surface area contributed by atoms with E-state index in [2.05, 4.69) is 17.1 Å². The minimum Gasteiger partial charge on any atom is -0.323 e. The second-order valence-corrected chi connectivity index (χ2v) is 9.76. The fourth-order valence-corrected chi connectivity index (χ4v) is 4.98. The molecule has 1 aliphatic heterocycles. The fourth-order valence-electron chi connectivity index (χ4n) is 3.98. The summed E-state index contributed by atoms with van der Waals surface area (Å²) >= 11 is 7.70. The highest BCUT2D eigenvalue weighted by molar-refractivity contribution is 7.99. The van der Waals surface area contributed by atoms with Gasteiger partial charge in [0.25, 0.3) is 5.91 Å². The molecule has 174 valence electrons. The maximum atomic E-state index is 13.6. The van der Waals surface area contributed by atoms with Crippen LogP contribution in [-0.2, 0) is 4.79 Å². The van der Waals surface area contributed by atoms with Gasteiger partial charge in [0.2, 0.25) is 5.95 Å². The van der Waals surface area contributed by atoms with Crippen LogP contribution in [-0.4, -0.2) is 21.7 Å². The Bertz CT molecular complexity index is 1630. The van der Waals surface area contributed by atoms with Crippen molar-refractivity contribution in [3.8, 4) is 0 Å². The molecule has 6 rings (SSSR count). The Kier molecular flexibility index (Phi) is 5.89. The molecule has 1 aromatic heterocycles. The van der Waals surface area contributed by atoms with Crippen LogP contribution in [0, 0.1) is 0 Å². The SMILES string of the molecule is O=C1C(=Cc2ccc(Cl)cc2)N=C(c2ccccc2)N1c1nc2ccc(Sc3ccccc3)cc2[nH]1. The Morgan fingerprint density at radius 1 is 0.833 bits per heavy atom. The molecule has 0 saturated heterocycles. The van der Waals surface area contributed by atoms with Crippen LogP contribution in [0.5, 0.6) is 0 Å². The molecule has 1 amide bonds. The number of aromatic nitrogens is 2. The van der Waals surface area contributed by atoms with E-state index in [4.69, 9.17) is 21.6 Å². The van der Waals surface area contributed by atoms with Crippen molar-refractivity contribution in [3.05, 3.63) is 125 Å². The van der Waals surface area contributed by atoms with Gasteiger partial charge in [-0.15, -0.1) is 0 Å². The number of aliphatic imine (C=N–C) groups is 1. The molecule has 0 atom stereocenters. The molecule has 0 fully saturated rings. The van der Waals surface area contributed by atoms with E-state index in [9.17, 15) is 4.79 Å². The van der Waals surface area contributed by atoms with Gasteiger partial charge in [0.15, 0.2) is 5.84 Å². The summed E-state index contributed by atoms with van der Waals surface area (Å²) in [5, 5.41) is 0.636. The number of amidine groups is 1. The topological polar surface area (TPSA) is 61.4 Å². The van der Waals surface area contributed by atoms with Gasteiger partial charge < -0.3 is 4.98 Å². The summed E-state index contributed by atoms with van der Waals surface area (Å²) in [7, 11) is 0. The zero-order chi connectivity index (χ0) is 24.5. The van der Waals surface area contributed by atoms with Crippen molar-refractivity contribution in [3.63, 3.8) is 0 Å². The number of hydrogen-bond donors (Lipinski definition) is 1. The lowest BCUT2D eigenvalue weighted by molar-refractivity contribution is -0.113. The van der Waals surface area contributed by atoms with Gasteiger partial charge in [0.05, 0.1) is 11.0 Å². The highest BCUT2D eigenvalue weighted by atomic mass is 35.5. The van der Waals surface area contributed by atoms with Gasteiger partial charge in [0, 0.05) is 20.4 Å². The molecular weight excluding hydrogens is 488 g/mol. The van der Waals surface area contributed by atoms with Crippen LogP contribution in [0.2, 0.25) is 5.02 Å². The van der Waals surface area contributed by atoms with Gasteiger partial charge in [0.1, 0.15) is 5.70 Å². The predicted octanol–water partition coefficient (Wildman–Crippen LogP) is 7.20. The van der Waals surface area contributed by atoms with E-state index >= 15 is 0 Å². The lowest BCUT2D eigenvalue weighted by atomic mass is 10.2. The molecule has 2 heterocycles. The molecule has 4 aromatic carbocycles. The van der Waals surface area contributed by atoms with Crippen molar-refractivity contribution in [1.29, 1.82) is 0 Å². The standard InChI is InChI=1S/C29H19ClN4OS/c30-21-13-11-19(12-14-21)17-26-28(35)34(27(31-26)20-7-3-1-4-8-20)29-32-24-16-15-23(18-25(24)33-29)36-22-9-5-2-6-10-22/h1-18H,(H,32,33). The van der Waals surface area contributed by atoms with Crippen molar-refractivity contribution >= 4 is 58.2 Å². The molecule has 7 heteroatoms. The lowest BCUT2D eigenvalue weighted by Crippen LogP contribution is -2.33. The minimum absolute atomic E-state index is 0.248. The number of anilines is 1. The molecule has 0 spiro atoms. The molecule has 0 radical (unpaired) electrons. The van der Waals surface area contributed by atoms with Crippen molar-refractivity contribution in [2.24, 2.45) is 4.99 Å². The van der Waals surface area contributed by atoms with Gasteiger partial charge in [-0.1, -0.05) is 84.0 Å². The largest absolute Gasteiger partial charge is 0.323 e. The molecule has 0 unspecified atom stereocenters. The van der Waals surface area contributed by atoms with E-state index in [1.165, 1.54) is 0 Å². The predicted molar refractivity (Wildman–Crippen MR) is 147 cm³/mol. The molecule has 5 aromatic rings. The van der Waals surface area contributed by atoms with Gasteiger partial charge in [-0.3, -0.25) is 4.79 Å². The Morgan fingerprint density at radius 3 is 2.31 bits per heavy atom. The molecule has 0 bridgehead atoms. The zero-order valence-electron chi connectivity index (χ0n) is 18.9. The summed E-state index contributed by atoms with van der Waals surface area (Å²) in [5.41, 5.74) is 3.62. The maximum Gasteiger partial charge on any atom is 0.285 e. The van der Waals surface area contributed by atoms with Gasteiger partial charge in [-0.25, -0.2) is 14.9 Å². The molecule has 0 saturated carbocycles. The molecule has 1 aliphatic rings. The Labute approximate surface area is 217 Å². The highest BCUT2D eigenvalue weighted by Gasteiger charge is 2.34. The molecular formula is C29H19ClN4OS. The van der Waals surface area contributed by atoms with Crippen LogP contribution in [0.4, 0.5) is 5.95 Å². The monoisotopic (exact) mass is 506 g/mol. The van der Waals surface area contributed by atoms with E-state index in [1.807, 2.05) is 78.9 Å². The fraction of sp³-hybridized carbons (Fsp3) is 0. The summed E-state index contributed by atoms with van der Waals surface area (Å²) < 4.78 is 0. The molecule has 1 N–H and O–H groups in total.